The zero-order valence-electron chi connectivity index (χ0n) is 18.4. The SMILES string of the molecule is BrCc1cc[c-]cc1.NCC(N)=O.NCC(N)=O.O=Cc1cc[c-]cc1.[B].[H-].[Na+].[V].[Y].[Y]. The topological polar surface area (TPSA) is 155 Å². The molecule has 2 aromatic carbocycles. The van der Waals surface area contributed by atoms with E-state index >= 15 is 0 Å². The van der Waals surface area contributed by atoms with Gasteiger partial charge in [-0.25, -0.2) is 0 Å². The van der Waals surface area contributed by atoms with Gasteiger partial charge in [-0.1, -0.05) is 21.5 Å². The van der Waals surface area contributed by atoms with Crippen LogP contribution < -0.4 is 52.5 Å². The average Bonchev–Trinajstić information content (AvgIpc) is 2.70. The zero-order chi connectivity index (χ0) is 20.2. The maximum absolute atomic E-state index is 9.99. The van der Waals surface area contributed by atoms with Crippen molar-refractivity contribution < 1.29 is 129 Å². The molecule has 158 valence electrons. The molecule has 0 fully saturated rings. The van der Waals surface area contributed by atoms with E-state index in [1.165, 1.54) is 5.56 Å². The van der Waals surface area contributed by atoms with Crippen LogP contribution in [-0.2, 0) is 98.9 Å². The molecule has 0 saturated heterocycles. The van der Waals surface area contributed by atoms with Gasteiger partial charge >= 0.3 is 29.6 Å². The van der Waals surface area contributed by atoms with E-state index in [2.05, 4.69) is 39.5 Å². The summed E-state index contributed by atoms with van der Waals surface area (Å²) in [6.07, 6.45) is 0.813. The zero-order valence-corrected chi connectivity index (χ0v) is 28.1. The fourth-order valence-electron chi connectivity index (χ4n) is 0.989. The number of halogens is 1. The molecule has 7 nitrogen and oxygen atoms in total. The third-order valence-corrected chi connectivity index (χ3v) is 2.87. The van der Waals surface area contributed by atoms with Crippen molar-refractivity contribution in [3.05, 3.63) is 71.8 Å². The van der Waals surface area contributed by atoms with E-state index in [1.807, 2.05) is 24.3 Å². The number of hydrogen-bond donors (Lipinski definition) is 4. The largest absolute Gasteiger partial charge is 1.00 e. The Kier molecular flexibility index (Phi) is 61.5. The Morgan fingerprint density at radius 2 is 1.19 bits per heavy atom. The number of amides is 2. The minimum absolute atomic E-state index is 0. The minimum Gasteiger partial charge on any atom is -1.00 e. The van der Waals surface area contributed by atoms with E-state index in [0.717, 1.165) is 11.6 Å². The second kappa shape index (κ2) is 38.6. The number of alkyl halides is 1. The van der Waals surface area contributed by atoms with Crippen LogP contribution in [-0.4, -0.2) is 39.6 Å². The molecule has 2 amide bonds. The smallest absolute Gasteiger partial charge is 1.00 e. The molecule has 13 heteroatoms. The van der Waals surface area contributed by atoms with Gasteiger partial charge in [0.25, 0.3) is 0 Å². The summed E-state index contributed by atoms with van der Waals surface area (Å²) < 4.78 is 0. The van der Waals surface area contributed by atoms with E-state index in [0.29, 0.717) is 5.56 Å². The third kappa shape index (κ3) is 42.0. The summed E-state index contributed by atoms with van der Waals surface area (Å²) in [6, 6.07) is 20.5. The summed E-state index contributed by atoms with van der Waals surface area (Å²) in [4.78, 5) is 28.9. The number of nitrogens with two attached hydrogens (primary N) is 4. The Morgan fingerprint density at radius 3 is 1.35 bits per heavy atom. The molecule has 31 heavy (non-hydrogen) atoms. The van der Waals surface area contributed by atoms with Crippen molar-refractivity contribution in [1.29, 1.82) is 0 Å². The van der Waals surface area contributed by atoms with Crippen LogP contribution in [0.25, 0.3) is 0 Å². The maximum atomic E-state index is 9.99. The standard InChI is InChI=1S/C7H6Br.C7H5O.2C2H6N2O.B.Na.V.2Y.H/c2*8-6-7-4-2-1-3-5-7;2*3-1-2(4)5;;;;;;/h2-5H,6H2;2-6H;2*1,3H2,(H2,4,5);;;;;;/q2*-1;;;;+1;;;;-1. The van der Waals surface area contributed by atoms with Gasteiger partial charge in [0.05, 0.1) is 13.1 Å². The van der Waals surface area contributed by atoms with Crippen molar-refractivity contribution in [2.24, 2.45) is 22.9 Å². The maximum Gasteiger partial charge on any atom is 1.00 e. The summed E-state index contributed by atoms with van der Waals surface area (Å²) in [5.74, 6) is -0.935. The molecule has 2 aromatic rings. The molecular weight excluding hydrogens is 663 g/mol. The van der Waals surface area contributed by atoms with Gasteiger partial charge in [0, 0.05) is 97.7 Å². The van der Waals surface area contributed by atoms with E-state index in [9.17, 15) is 14.4 Å². The van der Waals surface area contributed by atoms with Crippen LogP contribution in [0.3, 0.4) is 0 Å². The molecule has 0 aliphatic carbocycles. The van der Waals surface area contributed by atoms with Crippen LogP contribution in [0.15, 0.2) is 48.5 Å². The number of rotatable bonds is 4. The molecule has 0 bridgehead atoms. The average molecular weight is 687 g/mol. The summed E-state index contributed by atoms with van der Waals surface area (Å²) in [5.41, 5.74) is 20.4. The number of primary amides is 2. The first-order valence-corrected chi connectivity index (χ1v) is 8.42. The number of benzene rings is 2. The normalized spacial score (nSPS) is 6.94. The molecular formula is C18H24BBrN4NaO3VY2-2. The molecule has 6 radical (unpaired) electrons. The summed E-state index contributed by atoms with van der Waals surface area (Å²) in [6.45, 7) is -0.111. The van der Waals surface area contributed by atoms with Gasteiger partial charge in [0.2, 0.25) is 11.8 Å². The van der Waals surface area contributed by atoms with Crippen molar-refractivity contribution in [3.63, 3.8) is 0 Å². The molecule has 0 heterocycles. The van der Waals surface area contributed by atoms with Crippen molar-refractivity contribution >= 4 is 42.4 Å². The molecule has 0 atom stereocenters. The van der Waals surface area contributed by atoms with Gasteiger partial charge in [-0.05, 0) is 0 Å². The van der Waals surface area contributed by atoms with Gasteiger partial charge in [-0.3, -0.25) is 9.59 Å². The number of hydrogen-bond acceptors (Lipinski definition) is 5. The second-order valence-corrected chi connectivity index (χ2v) is 4.89. The molecule has 0 aromatic heterocycles. The van der Waals surface area contributed by atoms with E-state index in [4.69, 9.17) is 11.5 Å². The minimum atomic E-state index is -0.468. The fraction of sp³-hybridized carbons (Fsp3) is 0.167. The Bertz CT molecular complexity index is 632. The predicted octanol–water partition coefficient (Wildman–Crippen LogP) is -2.73. The van der Waals surface area contributed by atoms with E-state index < -0.39 is 11.8 Å². The molecule has 0 unspecified atom stereocenters. The van der Waals surface area contributed by atoms with Gasteiger partial charge in [-0.15, -0.1) is 5.56 Å². The van der Waals surface area contributed by atoms with Crippen LogP contribution in [0, 0.1) is 12.1 Å². The van der Waals surface area contributed by atoms with Crippen molar-refractivity contribution in [2.45, 2.75) is 5.33 Å². The van der Waals surface area contributed by atoms with Crippen LogP contribution in [0.1, 0.15) is 17.3 Å². The Morgan fingerprint density at radius 1 is 0.903 bits per heavy atom. The molecule has 0 spiro atoms. The first-order valence-electron chi connectivity index (χ1n) is 7.30. The monoisotopic (exact) mass is 686 g/mol. The van der Waals surface area contributed by atoms with Crippen LogP contribution in [0.2, 0.25) is 0 Å². The van der Waals surface area contributed by atoms with Gasteiger partial charge in [0.1, 0.15) is 6.29 Å². The van der Waals surface area contributed by atoms with Crippen LogP contribution >= 0.6 is 15.9 Å². The third-order valence-electron chi connectivity index (χ3n) is 2.22. The summed E-state index contributed by atoms with van der Waals surface area (Å²) in [7, 11) is 0. The predicted molar refractivity (Wildman–Crippen MR) is 112 cm³/mol. The number of carbonyl (C=O) groups excluding carboxylic acids is 3. The van der Waals surface area contributed by atoms with Gasteiger partial charge in [-0.2, -0.15) is 60.7 Å². The van der Waals surface area contributed by atoms with Crippen LogP contribution in [0.5, 0.6) is 0 Å². The molecule has 8 N–H and O–H groups in total. The quantitative estimate of drug-likeness (QED) is 0.119. The first-order chi connectivity index (χ1) is 12.4. The molecule has 0 saturated carbocycles. The Balaban J connectivity index is -0.0000000385. The van der Waals surface area contributed by atoms with Crippen molar-refractivity contribution in [2.75, 3.05) is 13.1 Å². The van der Waals surface area contributed by atoms with E-state index in [1.54, 1.807) is 24.3 Å². The second-order valence-electron chi connectivity index (χ2n) is 4.33. The van der Waals surface area contributed by atoms with Gasteiger partial charge in [0.15, 0.2) is 0 Å². The van der Waals surface area contributed by atoms with Crippen LogP contribution in [0.4, 0.5) is 0 Å². The van der Waals surface area contributed by atoms with Crippen molar-refractivity contribution in [1.82, 2.24) is 0 Å². The van der Waals surface area contributed by atoms with Crippen molar-refractivity contribution in [3.8, 4) is 0 Å². The first kappa shape index (κ1) is 49.4. The fourth-order valence-corrected chi connectivity index (χ4v) is 1.36. The molecule has 0 aliphatic heterocycles. The molecule has 0 aliphatic rings. The number of carbonyl (C=O) groups is 3. The Labute approximate surface area is 280 Å². The van der Waals surface area contributed by atoms with Gasteiger partial charge < -0.3 is 29.2 Å². The summed E-state index contributed by atoms with van der Waals surface area (Å²) in [5, 5.41) is 0.932. The number of aldehydes is 1. The molecule has 2 rings (SSSR count). The summed E-state index contributed by atoms with van der Waals surface area (Å²) >= 11 is 3.34. The van der Waals surface area contributed by atoms with E-state index in [-0.39, 0.29) is 136 Å². The Hall–Kier alpha value is 1.31.